The van der Waals surface area contributed by atoms with E-state index in [-0.39, 0.29) is 18.2 Å². The number of carbonyl (C=O) groups excluding carboxylic acids is 1. The van der Waals surface area contributed by atoms with Gasteiger partial charge in [0.25, 0.3) is 0 Å². The van der Waals surface area contributed by atoms with Crippen molar-refractivity contribution in [3.63, 3.8) is 0 Å². The fourth-order valence-electron chi connectivity index (χ4n) is 2.35. The van der Waals surface area contributed by atoms with Crippen LogP contribution in [0.15, 0.2) is 24.3 Å². The van der Waals surface area contributed by atoms with Crippen molar-refractivity contribution in [2.45, 2.75) is 31.9 Å². The zero-order valence-corrected chi connectivity index (χ0v) is 13.8. The zero-order chi connectivity index (χ0) is 15.9. The SMILES string of the molecule is CC(NC(=O)N(C)CCOc1cccc(Cl)c1)C1CCCO1. The van der Waals surface area contributed by atoms with Crippen molar-refractivity contribution in [2.24, 2.45) is 0 Å². The first-order valence-electron chi connectivity index (χ1n) is 7.58. The number of rotatable bonds is 6. The first-order valence-corrected chi connectivity index (χ1v) is 7.95. The minimum absolute atomic E-state index is 0.0197. The van der Waals surface area contributed by atoms with Gasteiger partial charge in [0, 0.05) is 18.7 Å². The maximum atomic E-state index is 12.1. The molecule has 1 saturated heterocycles. The Morgan fingerprint density at radius 3 is 3.09 bits per heavy atom. The van der Waals surface area contributed by atoms with E-state index in [0.29, 0.717) is 23.9 Å². The highest BCUT2D eigenvalue weighted by molar-refractivity contribution is 6.30. The predicted molar refractivity (Wildman–Crippen MR) is 86.5 cm³/mol. The van der Waals surface area contributed by atoms with Crippen molar-refractivity contribution < 1.29 is 14.3 Å². The summed E-state index contributed by atoms with van der Waals surface area (Å²) in [7, 11) is 1.75. The van der Waals surface area contributed by atoms with Gasteiger partial charge in [-0.1, -0.05) is 17.7 Å². The van der Waals surface area contributed by atoms with E-state index >= 15 is 0 Å². The van der Waals surface area contributed by atoms with E-state index in [2.05, 4.69) is 5.32 Å². The Kier molecular flexibility index (Phi) is 6.34. The van der Waals surface area contributed by atoms with Crippen LogP contribution in [0.4, 0.5) is 4.79 Å². The first kappa shape index (κ1) is 16.9. The maximum absolute atomic E-state index is 12.1. The van der Waals surface area contributed by atoms with Gasteiger partial charge in [-0.05, 0) is 38.0 Å². The Morgan fingerprint density at radius 1 is 1.59 bits per heavy atom. The lowest BCUT2D eigenvalue weighted by molar-refractivity contribution is 0.0836. The topological polar surface area (TPSA) is 50.8 Å². The van der Waals surface area contributed by atoms with Crippen molar-refractivity contribution in [1.29, 1.82) is 0 Å². The largest absolute Gasteiger partial charge is 0.492 e. The van der Waals surface area contributed by atoms with E-state index in [0.717, 1.165) is 19.4 Å². The quantitative estimate of drug-likeness (QED) is 0.874. The third-order valence-electron chi connectivity index (χ3n) is 3.71. The standard InChI is InChI=1S/C16H23ClN2O3/c1-12(15-7-4-9-22-15)18-16(20)19(2)8-10-21-14-6-3-5-13(17)11-14/h3,5-6,11-12,15H,4,7-10H2,1-2H3,(H,18,20). The summed E-state index contributed by atoms with van der Waals surface area (Å²) in [5.74, 6) is 0.703. The van der Waals surface area contributed by atoms with Crippen LogP contribution in [0.5, 0.6) is 5.75 Å². The van der Waals surface area contributed by atoms with Crippen LogP contribution in [-0.2, 0) is 4.74 Å². The number of carbonyl (C=O) groups is 1. The molecule has 5 nitrogen and oxygen atoms in total. The molecule has 1 fully saturated rings. The Hall–Kier alpha value is -1.46. The van der Waals surface area contributed by atoms with Crippen LogP contribution in [0.2, 0.25) is 5.02 Å². The van der Waals surface area contributed by atoms with Gasteiger partial charge in [-0.25, -0.2) is 4.79 Å². The van der Waals surface area contributed by atoms with Crippen LogP contribution in [0.3, 0.4) is 0 Å². The molecule has 0 aliphatic carbocycles. The molecular formula is C16H23ClN2O3. The van der Waals surface area contributed by atoms with Gasteiger partial charge in [-0.3, -0.25) is 0 Å². The van der Waals surface area contributed by atoms with E-state index in [9.17, 15) is 4.79 Å². The molecule has 22 heavy (non-hydrogen) atoms. The minimum Gasteiger partial charge on any atom is -0.492 e. The highest BCUT2D eigenvalue weighted by atomic mass is 35.5. The third-order valence-corrected chi connectivity index (χ3v) is 3.95. The van der Waals surface area contributed by atoms with Gasteiger partial charge in [0.2, 0.25) is 0 Å². The number of amides is 2. The van der Waals surface area contributed by atoms with Crippen LogP contribution in [-0.4, -0.2) is 49.9 Å². The number of ether oxygens (including phenoxy) is 2. The molecule has 1 heterocycles. The molecule has 0 bridgehead atoms. The third kappa shape index (κ3) is 5.07. The number of likely N-dealkylation sites (N-methyl/N-ethyl adjacent to an activating group) is 1. The number of nitrogens with zero attached hydrogens (tertiary/aromatic N) is 1. The van der Waals surface area contributed by atoms with Crippen LogP contribution >= 0.6 is 11.6 Å². The number of benzene rings is 1. The van der Waals surface area contributed by atoms with Crippen molar-refractivity contribution in [3.8, 4) is 5.75 Å². The summed E-state index contributed by atoms with van der Waals surface area (Å²) in [6.45, 7) is 3.67. The fourth-order valence-corrected chi connectivity index (χ4v) is 2.53. The molecule has 2 rings (SSSR count). The van der Waals surface area contributed by atoms with E-state index in [1.807, 2.05) is 19.1 Å². The Morgan fingerprint density at radius 2 is 2.41 bits per heavy atom. The highest BCUT2D eigenvalue weighted by Gasteiger charge is 2.24. The summed E-state index contributed by atoms with van der Waals surface area (Å²) in [6, 6.07) is 7.12. The number of halogens is 1. The van der Waals surface area contributed by atoms with Crippen molar-refractivity contribution in [2.75, 3.05) is 26.8 Å². The summed E-state index contributed by atoms with van der Waals surface area (Å²) in [6.07, 6.45) is 2.19. The summed E-state index contributed by atoms with van der Waals surface area (Å²) < 4.78 is 11.2. The van der Waals surface area contributed by atoms with Crippen LogP contribution in [0.25, 0.3) is 0 Å². The molecular weight excluding hydrogens is 304 g/mol. The van der Waals surface area contributed by atoms with E-state index in [4.69, 9.17) is 21.1 Å². The molecule has 0 spiro atoms. The molecule has 122 valence electrons. The summed E-state index contributed by atoms with van der Waals surface area (Å²) in [5, 5.41) is 3.60. The van der Waals surface area contributed by atoms with E-state index in [1.165, 1.54) is 0 Å². The van der Waals surface area contributed by atoms with Gasteiger partial charge >= 0.3 is 6.03 Å². The first-order chi connectivity index (χ1) is 10.6. The molecule has 2 unspecified atom stereocenters. The molecule has 1 aromatic carbocycles. The summed E-state index contributed by atoms with van der Waals surface area (Å²) >= 11 is 5.89. The molecule has 6 heteroatoms. The zero-order valence-electron chi connectivity index (χ0n) is 13.0. The lowest BCUT2D eigenvalue weighted by Gasteiger charge is -2.24. The van der Waals surface area contributed by atoms with Crippen molar-refractivity contribution in [3.05, 3.63) is 29.3 Å². The van der Waals surface area contributed by atoms with Gasteiger partial charge in [0.15, 0.2) is 0 Å². The fraction of sp³-hybridized carbons (Fsp3) is 0.562. The Bertz CT molecular complexity index is 492. The van der Waals surface area contributed by atoms with Crippen LogP contribution < -0.4 is 10.1 Å². The van der Waals surface area contributed by atoms with Gasteiger partial charge in [-0.15, -0.1) is 0 Å². The molecule has 1 aliphatic rings. The van der Waals surface area contributed by atoms with Crippen LogP contribution in [0.1, 0.15) is 19.8 Å². The predicted octanol–water partition coefficient (Wildman–Crippen LogP) is 2.93. The van der Waals surface area contributed by atoms with Gasteiger partial charge in [0.05, 0.1) is 18.7 Å². The molecule has 0 saturated carbocycles. The molecule has 1 aromatic rings. The van der Waals surface area contributed by atoms with Gasteiger partial charge in [-0.2, -0.15) is 0 Å². The number of hydrogen-bond acceptors (Lipinski definition) is 3. The number of hydrogen-bond donors (Lipinski definition) is 1. The summed E-state index contributed by atoms with van der Waals surface area (Å²) in [4.78, 5) is 13.7. The average Bonchev–Trinajstić information content (AvgIpc) is 3.01. The second kappa shape index (κ2) is 8.25. The second-order valence-electron chi connectivity index (χ2n) is 5.52. The van der Waals surface area contributed by atoms with E-state index in [1.54, 1.807) is 24.1 Å². The minimum atomic E-state index is -0.113. The lowest BCUT2D eigenvalue weighted by Crippen LogP contribution is -2.47. The molecule has 1 aliphatic heterocycles. The van der Waals surface area contributed by atoms with E-state index < -0.39 is 0 Å². The number of urea groups is 1. The van der Waals surface area contributed by atoms with Crippen LogP contribution in [0, 0.1) is 0 Å². The van der Waals surface area contributed by atoms with Gasteiger partial charge in [0.1, 0.15) is 12.4 Å². The lowest BCUT2D eigenvalue weighted by atomic mass is 10.1. The Balaban J connectivity index is 1.69. The smallest absolute Gasteiger partial charge is 0.317 e. The van der Waals surface area contributed by atoms with Crippen molar-refractivity contribution >= 4 is 17.6 Å². The molecule has 0 aromatic heterocycles. The number of nitrogens with one attached hydrogen (secondary N) is 1. The highest BCUT2D eigenvalue weighted by Crippen LogP contribution is 2.17. The van der Waals surface area contributed by atoms with Crippen molar-refractivity contribution in [1.82, 2.24) is 10.2 Å². The molecule has 0 radical (unpaired) electrons. The maximum Gasteiger partial charge on any atom is 0.317 e. The summed E-state index contributed by atoms with van der Waals surface area (Å²) in [5.41, 5.74) is 0. The Labute approximate surface area is 136 Å². The molecule has 2 amide bonds. The molecule has 2 atom stereocenters. The average molecular weight is 327 g/mol. The normalized spacial score (nSPS) is 18.8. The van der Waals surface area contributed by atoms with Gasteiger partial charge < -0.3 is 19.7 Å². The monoisotopic (exact) mass is 326 g/mol. The molecule has 1 N–H and O–H groups in total. The second-order valence-corrected chi connectivity index (χ2v) is 5.95.